The first kappa shape index (κ1) is 18.1. The number of hydrogen-bond acceptors (Lipinski definition) is 7. The van der Waals surface area contributed by atoms with Crippen LogP contribution in [0.5, 0.6) is 0 Å². The lowest BCUT2D eigenvalue weighted by Crippen LogP contribution is -2.44. The minimum atomic E-state index is -0.599. The molecule has 28 heavy (non-hydrogen) atoms. The summed E-state index contributed by atoms with van der Waals surface area (Å²) in [4.78, 5) is 35.9. The van der Waals surface area contributed by atoms with Crippen LogP contribution in [-0.4, -0.2) is 60.2 Å². The minimum Gasteiger partial charge on any atom is -0.369 e. The molecule has 2 aromatic carbocycles. The van der Waals surface area contributed by atoms with Gasteiger partial charge in [0.05, 0.1) is 11.1 Å². The molecule has 1 aromatic heterocycles. The van der Waals surface area contributed by atoms with Crippen molar-refractivity contribution in [1.82, 2.24) is 14.9 Å². The van der Waals surface area contributed by atoms with Crippen LogP contribution in [0.2, 0.25) is 0 Å². The molecule has 2 heterocycles. The molecule has 0 aliphatic carbocycles. The Labute approximate surface area is 163 Å². The van der Waals surface area contributed by atoms with E-state index in [1.165, 1.54) is 12.0 Å². The van der Waals surface area contributed by atoms with Crippen LogP contribution >= 0.6 is 0 Å². The molecule has 7 nitrogen and oxygen atoms in total. The van der Waals surface area contributed by atoms with Crippen LogP contribution < -0.4 is 10.2 Å². The Morgan fingerprint density at radius 3 is 2.54 bits per heavy atom. The summed E-state index contributed by atoms with van der Waals surface area (Å²) in [5.74, 6) is -0.599. The number of benzene rings is 2. The van der Waals surface area contributed by atoms with Crippen molar-refractivity contribution in [1.29, 1.82) is 0 Å². The molecule has 0 saturated carbocycles. The Kier molecular flexibility index (Phi) is 4.99. The summed E-state index contributed by atoms with van der Waals surface area (Å²) in [6, 6.07) is 11.7. The Morgan fingerprint density at radius 2 is 1.82 bits per heavy atom. The van der Waals surface area contributed by atoms with Crippen LogP contribution in [0.15, 0.2) is 48.9 Å². The predicted octanol–water partition coefficient (Wildman–Crippen LogP) is 2.51. The van der Waals surface area contributed by atoms with Crippen molar-refractivity contribution in [2.24, 2.45) is 0 Å². The second-order valence-corrected chi connectivity index (χ2v) is 6.93. The molecule has 7 heteroatoms. The van der Waals surface area contributed by atoms with E-state index in [9.17, 15) is 9.59 Å². The van der Waals surface area contributed by atoms with Crippen molar-refractivity contribution < 1.29 is 9.59 Å². The quantitative estimate of drug-likeness (QED) is 0.417. The lowest BCUT2D eigenvalue weighted by molar-refractivity contribution is -0.104. The maximum Gasteiger partial charge on any atom is 0.227 e. The van der Waals surface area contributed by atoms with Gasteiger partial charge in [-0.05, 0) is 43.4 Å². The van der Waals surface area contributed by atoms with E-state index in [4.69, 9.17) is 0 Å². The van der Waals surface area contributed by atoms with E-state index in [0.29, 0.717) is 22.9 Å². The summed E-state index contributed by atoms with van der Waals surface area (Å²) in [5.41, 5.74) is 3.55. The SMILES string of the molecule is CN1CCN(c2ccc(Nc3cc(C(=O)C=O)c4ncncc4c3)cc2)CC1. The predicted molar refractivity (Wildman–Crippen MR) is 109 cm³/mol. The van der Waals surface area contributed by atoms with Gasteiger partial charge in [-0.1, -0.05) is 0 Å². The number of nitrogens with zero attached hydrogens (tertiary/aromatic N) is 4. The number of anilines is 3. The fraction of sp³-hybridized carbons (Fsp3) is 0.238. The zero-order chi connectivity index (χ0) is 19.5. The number of likely N-dealkylation sites (N-methyl/N-ethyl adjacent to an activating group) is 1. The number of rotatable bonds is 5. The highest BCUT2D eigenvalue weighted by atomic mass is 16.2. The number of nitrogens with one attached hydrogen (secondary N) is 1. The van der Waals surface area contributed by atoms with E-state index in [-0.39, 0.29) is 5.56 Å². The summed E-state index contributed by atoms with van der Waals surface area (Å²) in [6.07, 6.45) is 3.31. The zero-order valence-electron chi connectivity index (χ0n) is 15.6. The highest BCUT2D eigenvalue weighted by Crippen LogP contribution is 2.26. The number of fused-ring (bicyclic) bond motifs is 1. The van der Waals surface area contributed by atoms with Crippen molar-refractivity contribution in [2.45, 2.75) is 0 Å². The van der Waals surface area contributed by atoms with Crippen LogP contribution in [0.3, 0.4) is 0 Å². The lowest BCUT2D eigenvalue weighted by Gasteiger charge is -2.34. The minimum absolute atomic E-state index is 0.270. The van der Waals surface area contributed by atoms with E-state index in [0.717, 1.165) is 31.9 Å². The zero-order valence-corrected chi connectivity index (χ0v) is 15.6. The molecule has 1 fully saturated rings. The molecule has 3 aromatic rings. The molecule has 0 atom stereocenters. The van der Waals surface area contributed by atoms with Gasteiger partial charge < -0.3 is 15.1 Å². The van der Waals surface area contributed by atoms with Crippen molar-refractivity contribution in [3.05, 3.63) is 54.5 Å². The highest BCUT2D eigenvalue weighted by molar-refractivity contribution is 6.36. The normalized spacial score (nSPS) is 14.8. The van der Waals surface area contributed by atoms with Crippen molar-refractivity contribution in [3.63, 3.8) is 0 Å². The van der Waals surface area contributed by atoms with Crippen LogP contribution in [-0.2, 0) is 4.79 Å². The van der Waals surface area contributed by atoms with E-state index >= 15 is 0 Å². The Morgan fingerprint density at radius 1 is 1.07 bits per heavy atom. The monoisotopic (exact) mass is 375 g/mol. The summed E-state index contributed by atoms with van der Waals surface area (Å²) < 4.78 is 0. The fourth-order valence-corrected chi connectivity index (χ4v) is 3.41. The summed E-state index contributed by atoms with van der Waals surface area (Å²) in [6.45, 7) is 4.16. The number of aromatic nitrogens is 2. The van der Waals surface area contributed by atoms with Gasteiger partial charge in [-0.2, -0.15) is 0 Å². The smallest absolute Gasteiger partial charge is 0.227 e. The second-order valence-electron chi connectivity index (χ2n) is 6.93. The number of hydrogen-bond donors (Lipinski definition) is 1. The van der Waals surface area contributed by atoms with Gasteiger partial charge in [0.15, 0.2) is 6.29 Å². The maximum absolute atomic E-state index is 12.0. The molecular weight excluding hydrogens is 354 g/mol. The molecule has 1 N–H and O–H groups in total. The lowest BCUT2D eigenvalue weighted by atomic mass is 10.1. The van der Waals surface area contributed by atoms with Gasteiger partial charge >= 0.3 is 0 Å². The van der Waals surface area contributed by atoms with Gasteiger partial charge in [0.1, 0.15) is 6.33 Å². The van der Waals surface area contributed by atoms with Crippen molar-refractivity contribution in [3.8, 4) is 0 Å². The van der Waals surface area contributed by atoms with E-state index in [1.807, 2.05) is 18.2 Å². The first-order valence-corrected chi connectivity index (χ1v) is 9.18. The third-order valence-electron chi connectivity index (χ3n) is 5.00. The fourth-order valence-electron chi connectivity index (χ4n) is 3.41. The van der Waals surface area contributed by atoms with Crippen molar-refractivity contribution in [2.75, 3.05) is 43.4 Å². The molecule has 142 valence electrons. The number of ketones is 1. The Balaban J connectivity index is 1.58. The van der Waals surface area contributed by atoms with E-state index in [1.54, 1.807) is 12.3 Å². The molecule has 0 radical (unpaired) electrons. The van der Waals surface area contributed by atoms with Crippen LogP contribution in [0.1, 0.15) is 10.4 Å². The van der Waals surface area contributed by atoms with Crippen LogP contribution in [0.4, 0.5) is 17.1 Å². The molecule has 4 rings (SSSR count). The Bertz CT molecular complexity index is 1010. The molecule has 0 unspecified atom stereocenters. The third kappa shape index (κ3) is 3.70. The van der Waals surface area contributed by atoms with Gasteiger partial charge in [-0.3, -0.25) is 9.59 Å². The summed E-state index contributed by atoms with van der Waals surface area (Å²) in [5, 5.41) is 4.00. The third-order valence-corrected chi connectivity index (χ3v) is 5.00. The molecule has 1 saturated heterocycles. The second kappa shape index (κ2) is 7.74. The average molecular weight is 375 g/mol. The van der Waals surface area contributed by atoms with Crippen LogP contribution in [0, 0.1) is 0 Å². The number of Topliss-reactive ketones (excluding diaryl/α,β-unsaturated/α-hetero) is 1. The van der Waals surface area contributed by atoms with E-state index < -0.39 is 5.78 Å². The first-order chi connectivity index (χ1) is 13.6. The standard InChI is InChI=1S/C21H21N5O2/c1-25-6-8-26(9-7-25)18-4-2-16(3-5-18)24-17-10-15-12-22-14-23-21(15)19(11-17)20(28)13-27/h2-5,10-14,24H,6-9H2,1H3. The largest absolute Gasteiger partial charge is 0.369 e. The first-order valence-electron chi connectivity index (χ1n) is 9.18. The number of aldehydes is 1. The van der Waals surface area contributed by atoms with Gasteiger partial charge in [0, 0.05) is 54.8 Å². The van der Waals surface area contributed by atoms with Gasteiger partial charge in [0.2, 0.25) is 5.78 Å². The Hall–Kier alpha value is -3.32. The molecule has 0 spiro atoms. The molecule has 0 amide bonds. The van der Waals surface area contributed by atoms with Crippen molar-refractivity contribution >= 4 is 40.0 Å². The van der Waals surface area contributed by atoms with Crippen LogP contribution in [0.25, 0.3) is 10.9 Å². The molecular formula is C21H21N5O2. The summed E-state index contributed by atoms with van der Waals surface area (Å²) in [7, 11) is 2.14. The highest BCUT2D eigenvalue weighted by Gasteiger charge is 2.15. The topological polar surface area (TPSA) is 78.4 Å². The summed E-state index contributed by atoms with van der Waals surface area (Å²) >= 11 is 0. The van der Waals surface area contributed by atoms with E-state index in [2.05, 4.69) is 44.3 Å². The number of carbonyl (C=O) groups excluding carboxylic acids is 2. The molecule has 0 bridgehead atoms. The average Bonchev–Trinajstić information content (AvgIpc) is 2.74. The van der Waals surface area contributed by atoms with Gasteiger partial charge in [-0.15, -0.1) is 0 Å². The maximum atomic E-state index is 12.0. The molecule has 1 aliphatic rings. The number of carbonyl (C=O) groups is 2. The van der Waals surface area contributed by atoms with Gasteiger partial charge in [-0.25, -0.2) is 9.97 Å². The molecule has 1 aliphatic heterocycles. The number of piperazine rings is 1. The van der Waals surface area contributed by atoms with Gasteiger partial charge in [0.25, 0.3) is 0 Å².